The summed E-state index contributed by atoms with van der Waals surface area (Å²) in [7, 11) is 0. The summed E-state index contributed by atoms with van der Waals surface area (Å²) < 4.78 is 0. The van der Waals surface area contributed by atoms with Crippen LogP contribution in [0.25, 0.3) is 10.9 Å². The molecule has 0 atom stereocenters. The Balaban J connectivity index is 0.000000605. The molecule has 0 aliphatic heterocycles. The lowest BCUT2D eigenvalue weighted by Crippen LogP contribution is -1.82. The number of nitrogens with zero attached hydrogens (tertiary/aromatic N) is 1. The average molecular weight is 149 g/mol. The minimum atomic E-state index is 0. The summed E-state index contributed by atoms with van der Waals surface area (Å²) in [6, 6.07) is 7.76. The molecule has 2 rings (SSSR count). The summed E-state index contributed by atoms with van der Waals surface area (Å²) in [5.41, 5.74) is 6.52. The smallest absolute Gasteiger partial charge is 0.153 e. The number of nitrogen functional groups attached to an aromatic ring is 1. The van der Waals surface area contributed by atoms with Crippen LogP contribution in [0.4, 0.5) is 5.82 Å². The summed E-state index contributed by atoms with van der Waals surface area (Å²) in [4.78, 5) is 0. The Kier molecular flexibility index (Phi) is 1.81. The van der Waals surface area contributed by atoms with Gasteiger partial charge in [-0.15, -0.1) is 0 Å². The second-order valence-electron chi connectivity index (χ2n) is 2.15. The summed E-state index contributed by atoms with van der Waals surface area (Å²) in [5.74, 6) is 0.565. The number of rotatable bonds is 0. The van der Waals surface area contributed by atoms with Crippen molar-refractivity contribution in [3.63, 3.8) is 0 Å². The van der Waals surface area contributed by atoms with Gasteiger partial charge in [0, 0.05) is 5.39 Å². The number of nitrogens with one attached hydrogen (secondary N) is 1. The minimum absolute atomic E-state index is 0. The number of aromatic amines is 1. The molecule has 3 N–H and O–H groups in total. The highest BCUT2D eigenvalue weighted by Crippen LogP contribution is 2.15. The van der Waals surface area contributed by atoms with Crippen LogP contribution in [-0.2, 0) is 0 Å². The number of hydrogen-bond acceptors (Lipinski definition) is 2. The third kappa shape index (κ3) is 1.05. The fourth-order valence-corrected chi connectivity index (χ4v) is 0.985. The summed E-state index contributed by atoms with van der Waals surface area (Å²) in [6.45, 7) is 0. The van der Waals surface area contributed by atoms with Crippen LogP contribution >= 0.6 is 0 Å². The molecule has 0 saturated heterocycles. The van der Waals surface area contributed by atoms with Crippen LogP contribution in [0.15, 0.2) is 24.3 Å². The van der Waals surface area contributed by atoms with E-state index < -0.39 is 0 Å². The fourth-order valence-electron chi connectivity index (χ4n) is 0.985. The Bertz CT molecular complexity index is 351. The Morgan fingerprint density at radius 1 is 1.27 bits per heavy atom. The first-order chi connectivity index (χ1) is 4.88. The van der Waals surface area contributed by atoms with Crippen LogP contribution in [0, 0.1) is 0 Å². The van der Waals surface area contributed by atoms with Gasteiger partial charge in [0.25, 0.3) is 0 Å². The highest BCUT2D eigenvalue weighted by Gasteiger charge is 1.97. The molecule has 1 aromatic heterocycles. The first-order valence-corrected chi connectivity index (χ1v) is 3.06. The maximum absolute atomic E-state index is 5.53. The van der Waals surface area contributed by atoms with E-state index in [0.717, 1.165) is 10.9 Å². The van der Waals surface area contributed by atoms with Crippen molar-refractivity contribution >= 4 is 16.7 Å². The third-order valence-corrected chi connectivity index (χ3v) is 1.50. The van der Waals surface area contributed by atoms with Gasteiger partial charge in [0.1, 0.15) is 0 Å². The van der Waals surface area contributed by atoms with E-state index in [1.54, 1.807) is 0 Å². The van der Waals surface area contributed by atoms with Crippen molar-refractivity contribution in [1.82, 2.24) is 10.2 Å². The highest BCUT2D eigenvalue weighted by molar-refractivity contribution is 5.88. The quantitative estimate of drug-likeness (QED) is 0.599. The fraction of sp³-hybridized carbons (Fsp3) is 0.125. The topological polar surface area (TPSA) is 54.7 Å². The van der Waals surface area contributed by atoms with Crippen LogP contribution in [-0.4, -0.2) is 10.2 Å². The van der Waals surface area contributed by atoms with Gasteiger partial charge in [-0.3, -0.25) is 5.10 Å². The third-order valence-electron chi connectivity index (χ3n) is 1.50. The molecule has 0 aliphatic carbocycles. The predicted molar refractivity (Wildman–Crippen MR) is 47.2 cm³/mol. The highest BCUT2D eigenvalue weighted by atomic mass is 15.1. The van der Waals surface area contributed by atoms with E-state index in [0.29, 0.717) is 5.82 Å². The van der Waals surface area contributed by atoms with Gasteiger partial charge in [-0.25, -0.2) is 0 Å². The summed E-state index contributed by atoms with van der Waals surface area (Å²) in [5, 5.41) is 7.65. The Hall–Kier alpha value is -1.51. The van der Waals surface area contributed by atoms with Crippen LogP contribution in [0.1, 0.15) is 7.43 Å². The van der Waals surface area contributed by atoms with Crippen LogP contribution < -0.4 is 5.73 Å². The van der Waals surface area contributed by atoms with E-state index in [1.165, 1.54) is 0 Å². The monoisotopic (exact) mass is 149 g/mol. The average Bonchev–Trinajstić information content (AvgIpc) is 2.34. The van der Waals surface area contributed by atoms with Gasteiger partial charge in [-0.05, 0) is 12.1 Å². The lowest BCUT2D eigenvalue weighted by molar-refractivity contribution is 1.13. The van der Waals surface area contributed by atoms with Gasteiger partial charge >= 0.3 is 0 Å². The maximum Gasteiger partial charge on any atom is 0.153 e. The minimum Gasteiger partial charge on any atom is -0.382 e. The van der Waals surface area contributed by atoms with E-state index in [2.05, 4.69) is 10.2 Å². The largest absolute Gasteiger partial charge is 0.382 e. The van der Waals surface area contributed by atoms with E-state index in [9.17, 15) is 0 Å². The van der Waals surface area contributed by atoms with Crippen molar-refractivity contribution in [1.29, 1.82) is 0 Å². The number of anilines is 1. The van der Waals surface area contributed by atoms with Crippen molar-refractivity contribution in [3.8, 4) is 0 Å². The Morgan fingerprint density at radius 3 is 2.73 bits per heavy atom. The molecule has 0 bridgehead atoms. The van der Waals surface area contributed by atoms with Gasteiger partial charge in [-0.2, -0.15) is 5.10 Å². The van der Waals surface area contributed by atoms with Crippen molar-refractivity contribution in [2.45, 2.75) is 7.43 Å². The normalized spacial score (nSPS) is 9.45. The maximum atomic E-state index is 5.53. The van der Waals surface area contributed by atoms with Gasteiger partial charge in [0.15, 0.2) is 5.82 Å². The zero-order chi connectivity index (χ0) is 6.97. The van der Waals surface area contributed by atoms with Gasteiger partial charge in [0.2, 0.25) is 0 Å². The molecule has 0 radical (unpaired) electrons. The first kappa shape index (κ1) is 7.60. The second kappa shape index (κ2) is 2.62. The van der Waals surface area contributed by atoms with Crippen molar-refractivity contribution in [2.75, 3.05) is 5.73 Å². The van der Waals surface area contributed by atoms with E-state index in [4.69, 9.17) is 5.73 Å². The SMILES string of the molecule is C.Nc1n[nH]c2ccccc12. The molecule has 0 saturated carbocycles. The predicted octanol–water partition coefficient (Wildman–Crippen LogP) is 1.78. The Morgan fingerprint density at radius 2 is 2.00 bits per heavy atom. The van der Waals surface area contributed by atoms with Gasteiger partial charge in [-0.1, -0.05) is 19.6 Å². The number of fused-ring (bicyclic) bond motifs is 1. The molecule has 11 heavy (non-hydrogen) atoms. The standard InChI is InChI=1S/C7H7N3.CH4/c8-7-5-3-1-2-4-6(5)9-10-7;/h1-4H,(H3,8,9,10);1H4. The molecule has 0 aliphatic rings. The molecule has 1 aromatic carbocycles. The van der Waals surface area contributed by atoms with Gasteiger partial charge < -0.3 is 5.73 Å². The Labute approximate surface area is 65.2 Å². The van der Waals surface area contributed by atoms with Crippen molar-refractivity contribution in [2.24, 2.45) is 0 Å². The molecule has 0 amide bonds. The molecule has 3 nitrogen and oxygen atoms in total. The molecule has 0 spiro atoms. The molecule has 2 aromatic rings. The molecule has 3 heteroatoms. The van der Waals surface area contributed by atoms with Crippen LogP contribution in [0.3, 0.4) is 0 Å². The van der Waals surface area contributed by atoms with Gasteiger partial charge in [0.05, 0.1) is 5.52 Å². The van der Waals surface area contributed by atoms with Crippen molar-refractivity contribution in [3.05, 3.63) is 24.3 Å². The summed E-state index contributed by atoms with van der Waals surface area (Å²) in [6.07, 6.45) is 0. The first-order valence-electron chi connectivity index (χ1n) is 3.06. The lowest BCUT2D eigenvalue weighted by atomic mass is 10.2. The van der Waals surface area contributed by atoms with Crippen LogP contribution in [0.2, 0.25) is 0 Å². The van der Waals surface area contributed by atoms with Crippen LogP contribution in [0.5, 0.6) is 0 Å². The lowest BCUT2D eigenvalue weighted by Gasteiger charge is -1.84. The molecule has 1 heterocycles. The zero-order valence-corrected chi connectivity index (χ0v) is 5.33. The van der Waals surface area contributed by atoms with E-state index >= 15 is 0 Å². The van der Waals surface area contributed by atoms with E-state index in [1.807, 2.05) is 24.3 Å². The number of hydrogen-bond donors (Lipinski definition) is 2. The number of H-pyrrole nitrogens is 1. The molecular formula is C8H11N3. The molecule has 0 fully saturated rings. The van der Waals surface area contributed by atoms with Crippen molar-refractivity contribution < 1.29 is 0 Å². The number of para-hydroxylation sites is 1. The number of benzene rings is 1. The van der Waals surface area contributed by atoms with E-state index in [-0.39, 0.29) is 7.43 Å². The second-order valence-corrected chi connectivity index (χ2v) is 2.15. The zero-order valence-electron chi connectivity index (χ0n) is 5.33. The molecule has 0 unspecified atom stereocenters. The number of aromatic nitrogens is 2. The molecule has 58 valence electrons. The summed E-state index contributed by atoms with van der Waals surface area (Å²) >= 11 is 0. The number of nitrogens with two attached hydrogens (primary N) is 1. The molecular weight excluding hydrogens is 138 g/mol.